The van der Waals surface area contributed by atoms with Crippen LogP contribution in [0.2, 0.25) is 5.02 Å². The Bertz CT molecular complexity index is 869. The smallest absolute Gasteiger partial charge is 0.247 e. The molecule has 2 unspecified atom stereocenters. The van der Waals surface area contributed by atoms with Crippen LogP contribution in [0.25, 0.3) is 6.08 Å². The van der Waals surface area contributed by atoms with Crippen LogP contribution in [0.15, 0.2) is 47.8 Å². The third kappa shape index (κ3) is 4.71. The van der Waals surface area contributed by atoms with Gasteiger partial charge in [-0.05, 0) is 36.3 Å². The highest BCUT2D eigenvalue weighted by Crippen LogP contribution is 2.26. The molecule has 3 aliphatic rings. The van der Waals surface area contributed by atoms with Crippen molar-refractivity contribution in [1.29, 1.82) is 0 Å². The van der Waals surface area contributed by atoms with E-state index in [2.05, 4.69) is 4.90 Å². The van der Waals surface area contributed by atoms with Gasteiger partial charge in [0.25, 0.3) is 0 Å². The number of hydrogen-bond acceptors (Lipinski definition) is 4. The van der Waals surface area contributed by atoms with Crippen LogP contribution in [-0.2, 0) is 9.53 Å². The van der Waals surface area contributed by atoms with Gasteiger partial charge in [-0.3, -0.25) is 9.69 Å². The zero-order valence-corrected chi connectivity index (χ0v) is 16.9. The zero-order chi connectivity index (χ0) is 20.4. The first-order chi connectivity index (χ1) is 14.0. The number of piperazine rings is 1. The van der Waals surface area contributed by atoms with E-state index in [-0.39, 0.29) is 23.8 Å². The molecule has 1 aliphatic carbocycles. The number of allylic oxidation sites excluding steroid dienone is 3. The molecule has 2 saturated heterocycles. The second kappa shape index (κ2) is 8.69. The monoisotopic (exact) mass is 417 g/mol. The van der Waals surface area contributed by atoms with E-state index >= 15 is 0 Å². The van der Waals surface area contributed by atoms with E-state index in [1.165, 1.54) is 5.57 Å². The summed E-state index contributed by atoms with van der Waals surface area (Å²) in [5.41, 5.74) is 8.53. The summed E-state index contributed by atoms with van der Waals surface area (Å²) in [6.45, 7) is 3.38. The molecule has 2 fully saturated rings. The summed E-state index contributed by atoms with van der Waals surface area (Å²) in [6.07, 6.45) is 8.03. The molecule has 154 valence electrons. The molecule has 0 aromatic heterocycles. The fourth-order valence-corrected chi connectivity index (χ4v) is 4.44. The van der Waals surface area contributed by atoms with Crippen molar-refractivity contribution in [2.24, 2.45) is 0 Å². The molecule has 1 aromatic carbocycles. The molecule has 2 aliphatic heterocycles. The minimum absolute atomic E-state index is 0.0127. The Labute approximate surface area is 175 Å². The minimum Gasteiger partial charge on any atom is -0.398 e. The fraction of sp³-hybridized carbons (Fsp3) is 0.409. The van der Waals surface area contributed by atoms with Gasteiger partial charge in [0, 0.05) is 42.8 Å². The van der Waals surface area contributed by atoms with Gasteiger partial charge in [0.05, 0.1) is 25.3 Å². The predicted molar refractivity (Wildman–Crippen MR) is 113 cm³/mol. The molecule has 0 saturated carbocycles. The summed E-state index contributed by atoms with van der Waals surface area (Å²) in [7, 11) is 0. The average molecular weight is 418 g/mol. The lowest BCUT2D eigenvalue weighted by molar-refractivity contribution is -0.149. The molecule has 0 radical (unpaired) electrons. The zero-order valence-electron chi connectivity index (χ0n) is 16.2. The van der Waals surface area contributed by atoms with Crippen molar-refractivity contribution in [3.05, 3.63) is 58.4 Å². The van der Waals surface area contributed by atoms with E-state index in [0.717, 1.165) is 31.6 Å². The number of hydrogen-bond donors (Lipinski definition) is 1. The molecule has 2 heterocycles. The lowest BCUT2D eigenvalue weighted by Gasteiger charge is -2.49. The first-order valence-corrected chi connectivity index (χ1v) is 10.3. The normalized spacial score (nSPS) is 25.1. The predicted octanol–water partition coefficient (Wildman–Crippen LogP) is 3.42. The number of ether oxygens (including phenoxy) is 1. The lowest BCUT2D eigenvalue weighted by Crippen LogP contribution is -2.66. The van der Waals surface area contributed by atoms with Gasteiger partial charge in [-0.15, -0.1) is 0 Å². The van der Waals surface area contributed by atoms with Crippen molar-refractivity contribution in [3.8, 4) is 0 Å². The van der Waals surface area contributed by atoms with Crippen molar-refractivity contribution < 1.29 is 13.9 Å². The van der Waals surface area contributed by atoms with Crippen molar-refractivity contribution in [2.45, 2.75) is 24.9 Å². The first kappa shape index (κ1) is 20.1. The number of nitrogens with two attached hydrogens (primary N) is 1. The van der Waals surface area contributed by atoms with Gasteiger partial charge in [0.2, 0.25) is 5.91 Å². The van der Waals surface area contributed by atoms with Crippen LogP contribution in [0.5, 0.6) is 0 Å². The molecule has 4 rings (SSSR count). The number of fused-ring (bicyclic) bond motifs is 2. The molecule has 2 N–H and O–H groups in total. The molecule has 1 aromatic rings. The van der Waals surface area contributed by atoms with Gasteiger partial charge in [-0.25, -0.2) is 4.39 Å². The Morgan fingerprint density at radius 1 is 1.24 bits per heavy atom. The number of morpholine rings is 1. The third-order valence-electron chi connectivity index (χ3n) is 5.67. The maximum Gasteiger partial charge on any atom is 0.247 e. The largest absolute Gasteiger partial charge is 0.398 e. The maximum absolute atomic E-state index is 13.2. The van der Waals surface area contributed by atoms with Crippen LogP contribution in [0.4, 0.5) is 10.1 Å². The summed E-state index contributed by atoms with van der Waals surface area (Å²) in [5.74, 6) is -0.0817. The second-order valence-electron chi connectivity index (χ2n) is 7.83. The molecule has 5 nitrogen and oxygen atoms in total. The number of halogens is 2. The average Bonchev–Trinajstić information content (AvgIpc) is 2.68. The molecule has 2 bridgehead atoms. The van der Waals surface area contributed by atoms with E-state index < -0.39 is 0 Å². The Hall–Kier alpha value is -2.15. The van der Waals surface area contributed by atoms with Crippen molar-refractivity contribution in [2.75, 3.05) is 38.6 Å². The third-order valence-corrected chi connectivity index (χ3v) is 5.90. The van der Waals surface area contributed by atoms with E-state index in [9.17, 15) is 9.18 Å². The van der Waals surface area contributed by atoms with Gasteiger partial charge in [0.1, 0.15) is 5.83 Å². The molecule has 0 spiro atoms. The van der Waals surface area contributed by atoms with E-state index in [4.69, 9.17) is 22.1 Å². The number of carbonyl (C=O) groups is 1. The van der Waals surface area contributed by atoms with Gasteiger partial charge < -0.3 is 15.4 Å². The number of rotatable bonds is 4. The Morgan fingerprint density at radius 3 is 2.66 bits per heavy atom. The second-order valence-corrected chi connectivity index (χ2v) is 8.27. The van der Waals surface area contributed by atoms with Crippen molar-refractivity contribution in [1.82, 2.24) is 9.80 Å². The maximum atomic E-state index is 13.2. The van der Waals surface area contributed by atoms with Gasteiger partial charge in [-0.1, -0.05) is 29.3 Å². The van der Waals surface area contributed by atoms with Crippen LogP contribution in [-0.4, -0.2) is 60.6 Å². The van der Waals surface area contributed by atoms with Gasteiger partial charge in [-0.2, -0.15) is 0 Å². The molecular formula is C22H25ClFN3O2. The Balaban J connectivity index is 1.42. The molecular weight excluding hydrogens is 393 g/mol. The Kier molecular flexibility index (Phi) is 6.04. The van der Waals surface area contributed by atoms with Gasteiger partial charge >= 0.3 is 0 Å². The molecule has 2 atom stereocenters. The van der Waals surface area contributed by atoms with Crippen LogP contribution >= 0.6 is 11.6 Å². The number of nitrogens with zero attached hydrogens (tertiary/aromatic N) is 2. The Morgan fingerprint density at radius 2 is 2.00 bits per heavy atom. The van der Waals surface area contributed by atoms with Crippen LogP contribution in [0.3, 0.4) is 0 Å². The highest BCUT2D eigenvalue weighted by Gasteiger charge is 2.40. The standard InChI is InChI=1S/C22H25ClFN3O2/c23-17-5-3-16(21(25)9-17)4-8-22(28)27-19-11-26(12-20(27)14-29-13-19)10-15-1-6-18(24)7-2-15/h1,3-6,8-9,19-20H,2,7,10-14,25H2/b8-4+. The van der Waals surface area contributed by atoms with E-state index in [1.807, 2.05) is 11.0 Å². The summed E-state index contributed by atoms with van der Waals surface area (Å²) in [5, 5.41) is 0.570. The summed E-state index contributed by atoms with van der Waals surface area (Å²) < 4.78 is 18.9. The summed E-state index contributed by atoms with van der Waals surface area (Å²) in [6, 6.07) is 5.26. The van der Waals surface area contributed by atoms with Crippen LogP contribution in [0.1, 0.15) is 18.4 Å². The highest BCUT2D eigenvalue weighted by molar-refractivity contribution is 6.30. The number of amides is 1. The number of anilines is 1. The molecule has 7 heteroatoms. The lowest BCUT2D eigenvalue weighted by atomic mass is 10.00. The van der Waals surface area contributed by atoms with Crippen LogP contribution in [0, 0.1) is 0 Å². The van der Waals surface area contributed by atoms with Crippen LogP contribution < -0.4 is 5.73 Å². The summed E-state index contributed by atoms with van der Waals surface area (Å²) >= 11 is 5.93. The fourth-order valence-electron chi connectivity index (χ4n) is 4.26. The topological polar surface area (TPSA) is 58.8 Å². The SMILES string of the molecule is Nc1cc(Cl)ccc1/C=C/C(=O)N1C2COCC1CN(CC1=CC=C(F)CC1)C2. The number of carbonyl (C=O) groups excluding carboxylic acids is 1. The quantitative estimate of drug-likeness (QED) is 0.602. The van der Waals surface area contributed by atoms with Crippen molar-refractivity contribution >= 4 is 29.3 Å². The number of nitrogen functional groups attached to an aromatic ring is 1. The molecule has 29 heavy (non-hydrogen) atoms. The summed E-state index contributed by atoms with van der Waals surface area (Å²) in [4.78, 5) is 17.2. The molecule has 1 amide bonds. The van der Waals surface area contributed by atoms with Crippen molar-refractivity contribution in [3.63, 3.8) is 0 Å². The van der Waals surface area contributed by atoms with Gasteiger partial charge in [0.15, 0.2) is 0 Å². The van der Waals surface area contributed by atoms with E-state index in [0.29, 0.717) is 30.3 Å². The first-order valence-electron chi connectivity index (χ1n) is 9.89. The minimum atomic E-state index is -0.0532. The van der Waals surface area contributed by atoms with E-state index in [1.54, 1.807) is 36.4 Å². The highest BCUT2D eigenvalue weighted by atomic mass is 35.5. The number of benzene rings is 1.